The third kappa shape index (κ3) is 4.48. The van der Waals surface area contributed by atoms with E-state index in [1.807, 2.05) is 48.7 Å². The number of aromatic amines is 1. The molecule has 190 valence electrons. The maximum atomic E-state index is 13.1. The number of benzene rings is 1. The molecule has 0 spiro atoms. The van der Waals surface area contributed by atoms with Gasteiger partial charge in [0.15, 0.2) is 17.3 Å². The van der Waals surface area contributed by atoms with Crippen molar-refractivity contribution >= 4 is 22.5 Å². The van der Waals surface area contributed by atoms with Crippen LogP contribution in [0.5, 0.6) is 0 Å². The molecular weight excluding hydrogens is 466 g/mol. The molecule has 10 heteroatoms. The smallest absolute Gasteiger partial charge is 0.222 e. The number of aromatic nitrogens is 7. The summed E-state index contributed by atoms with van der Waals surface area (Å²) in [5, 5.41) is 18.8. The van der Waals surface area contributed by atoms with Crippen LogP contribution in [-0.2, 0) is 17.8 Å². The van der Waals surface area contributed by atoms with Gasteiger partial charge in [-0.15, -0.1) is 15.3 Å². The molecule has 1 saturated heterocycles. The zero-order valence-electron chi connectivity index (χ0n) is 21.5. The first-order chi connectivity index (χ1) is 18.0. The van der Waals surface area contributed by atoms with Crippen molar-refractivity contribution in [2.45, 2.75) is 40.2 Å². The van der Waals surface area contributed by atoms with Crippen molar-refractivity contribution in [1.29, 1.82) is 0 Å². The molecule has 0 unspecified atom stereocenters. The third-order valence-corrected chi connectivity index (χ3v) is 7.40. The first-order valence-electron chi connectivity index (χ1n) is 12.8. The number of hydrogen-bond acceptors (Lipinski definition) is 6. The van der Waals surface area contributed by atoms with Gasteiger partial charge in [-0.1, -0.05) is 12.1 Å². The second-order valence-electron chi connectivity index (χ2n) is 9.83. The summed E-state index contributed by atoms with van der Waals surface area (Å²) in [5.74, 6) is 1.64. The normalized spacial score (nSPS) is 14.7. The molecule has 1 amide bonds. The molecule has 10 nitrogen and oxygen atoms in total. The van der Waals surface area contributed by atoms with E-state index in [1.54, 1.807) is 4.52 Å². The Morgan fingerprint density at radius 1 is 0.973 bits per heavy atom. The van der Waals surface area contributed by atoms with Crippen molar-refractivity contribution in [3.8, 4) is 5.82 Å². The summed E-state index contributed by atoms with van der Waals surface area (Å²) >= 11 is 0. The molecule has 1 aliphatic rings. The van der Waals surface area contributed by atoms with E-state index in [0.717, 1.165) is 55.5 Å². The Hall–Kier alpha value is -4.05. The third-order valence-electron chi connectivity index (χ3n) is 7.40. The SMILES string of the molecule is Cc1nn(-c2ccc3nnc(C)n3n2)c(C)c1CCC(=O)N1CCN(Cc2ccc3cc[nH]c3c2)CC1. The fourth-order valence-corrected chi connectivity index (χ4v) is 5.26. The predicted molar refractivity (Wildman–Crippen MR) is 141 cm³/mol. The average Bonchev–Trinajstić information content (AvgIpc) is 3.60. The van der Waals surface area contributed by atoms with Gasteiger partial charge in [-0.05, 0) is 68.0 Å². The van der Waals surface area contributed by atoms with Gasteiger partial charge < -0.3 is 9.88 Å². The van der Waals surface area contributed by atoms with Crippen LogP contribution in [0.25, 0.3) is 22.4 Å². The van der Waals surface area contributed by atoms with Crippen LogP contribution in [0.4, 0.5) is 0 Å². The van der Waals surface area contributed by atoms with Crippen LogP contribution in [0.15, 0.2) is 42.6 Å². The first-order valence-corrected chi connectivity index (χ1v) is 12.8. The number of nitrogens with zero attached hydrogens (tertiary/aromatic N) is 8. The van der Waals surface area contributed by atoms with Crippen molar-refractivity contribution < 1.29 is 4.79 Å². The minimum atomic E-state index is 0.207. The molecule has 0 bridgehead atoms. The van der Waals surface area contributed by atoms with Gasteiger partial charge in [0.2, 0.25) is 5.91 Å². The van der Waals surface area contributed by atoms with Crippen molar-refractivity contribution in [1.82, 2.24) is 44.4 Å². The van der Waals surface area contributed by atoms with Crippen molar-refractivity contribution in [2.75, 3.05) is 26.2 Å². The van der Waals surface area contributed by atoms with Gasteiger partial charge in [-0.25, -0.2) is 4.68 Å². The molecule has 1 aliphatic heterocycles. The van der Waals surface area contributed by atoms with Gasteiger partial charge in [0.25, 0.3) is 0 Å². The van der Waals surface area contributed by atoms with Crippen LogP contribution in [-0.4, -0.2) is 76.5 Å². The highest BCUT2D eigenvalue weighted by Gasteiger charge is 2.22. The van der Waals surface area contributed by atoms with Crippen LogP contribution >= 0.6 is 0 Å². The molecule has 1 fully saturated rings. The quantitative estimate of drug-likeness (QED) is 0.387. The lowest BCUT2D eigenvalue weighted by molar-refractivity contribution is -0.133. The average molecular weight is 498 g/mol. The summed E-state index contributed by atoms with van der Waals surface area (Å²) in [6.07, 6.45) is 3.12. The second-order valence-corrected chi connectivity index (χ2v) is 9.83. The molecule has 0 atom stereocenters. The van der Waals surface area contributed by atoms with Gasteiger partial charge in [-0.3, -0.25) is 9.69 Å². The number of aryl methyl sites for hydroxylation is 2. The fourth-order valence-electron chi connectivity index (χ4n) is 5.26. The number of amides is 1. The monoisotopic (exact) mass is 497 g/mol. The van der Waals surface area contributed by atoms with Gasteiger partial charge >= 0.3 is 0 Å². The minimum Gasteiger partial charge on any atom is -0.361 e. The summed E-state index contributed by atoms with van der Waals surface area (Å²) in [6.45, 7) is 10.1. The topological polar surface area (TPSA) is 100 Å². The number of carbonyl (C=O) groups excluding carboxylic acids is 1. The maximum Gasteiger partial charge on any atom is 0.222 e. The first kappa shape index (κ1) is 23.4. The Kier molecular flexibility index (Phi) is 5.96. The van der Waals surface area contributed by atoms with E-state index in [-0.39, 0.29) is 5.91 Å². The van der Waals surface area contributed by atoms with E-state index in [1.165, 1.54) is 16.5 Å². The van der Waals surface area contributed by atoms with E-state index < -0.39 is 0 Å². The molecule has 37 heavy (non-hydrogen) atoms. The van der Waals surface area contributed by atoms with E-state index >= 15 is 0 Å². The molecule has 5 aromatic rings. The number of rotatable bonds is 6. The largest absolute Gasteiger partial charge is 0.361 e. The predicted octanol–water partition coefficient (Wildman–Crippen LogP) is 2.99. The van der Waals surface area contributed by atoms with Crippen LogP contribution in [0.3, 0.4) is 0 Å². The highest BCUT2D eigenvalue weighted by molar-refractivity contribution is 5.79. The van der Waals surface area contributed by atoms with Crippen molar-refractivity contribution in [3.63, 3.8) is 0 Å². The van der Waals surface area contributed by atoms with Crippen molar-refractivity contribution in [3.05, 3.63) is 70.9 Å². The van der Waals surface area contributed by atoms with E-state index in [0.29, 0.717) is 24.3 Å². The van der Waals surface area contributed by atoms with Crippen LogP contribution in [0.1, 0.15) is 34.8 Å². The number of fused-ring (bicyclic) bond motifs is 2. The summed E-state index contributed by atoms with van der Waals surface area (Å²) in [5.41, 5.74) is 6.21. The van der Waals surface area contributed by atoms with Gasteiger partial charge in [0.1, 0.15) is 0 Å². The number of H-pyrrole nitrogens is 1. The molecule has 1 aromatic carbocycles. The molecule has 0 aliphatic carbocycles. The summed E-state index contributed by atoms with van der Waals surface area (Å²) in [6, 6.07) is 12.5. The highest BCUT2D eigenvalue weighted by Crippen LogP contribution is 2.20. The Morgan fingerprint density at radius 2 is 1.81 bits per heavy atom. The second kappa shape index (κ2) is 9.44. The Morgan fingerprint density at radius 3 is 2.65 bits per heavy atom. The van der Waals surface area contributed by atoms with Gasteiger partial charge in [0.05, 0.1) is 5.69 Å². The number of piperazine rings is 1. The van der Waals surface area contributed by atoms with E-state index in [9.17, 15) is 4.79 Å². The molecule has 6 rings (SSSR count). The van der Waals surface area contributed by atoms with Crippen molar-refractivity contribution in [2.24, 2.45) is 0 Å². The van der Waals surface area contributed by atoms with Gasteiger partial charge in [0, 0.05) is 56.6 Å². The Labute approximate surface area is 214 Å². The fraction of sp³-hybridized carbons (Fsp3) is 0.370. The summed E-state index contributed by atoms with van der Waals surface area (Å²) in [4.78, 5) is 20.8. The summed E-state index contributed by atoms with van der Waals surface area (Å²) in [7, 11) is 0. The standard InChI is InChI=1S/C27H31N9O/c1-18-23(19(2)35(31-18)26-8-7-25-30-29-20(3)36(25)32-26)6-9-27(37)34-14-12-33(13-15-34)17-21-4-5-22-10-11-28-24(22)16-21/h4-5,7-8,10-11,16,28H,6,9,12-15,17H2,1-3H3. The van der Waals surface area contributed by atoms with Gasteiger partial charge in [-0.2, -0.15) is 9.61 Å². The lowest BCUT2D eigenvalue weighted by atomic mass is 10.1. The van der Waals surface area contributed by atoms with Crippen LogP contribution in [0, 0.1) is 20.8 Å². The number of carbonyl (C=O) groups is 1. The highest BCUT2D eigenvalue weighted by atomic mass is 16.2. The molecule has 5 heterocycles. The molecule has 0 saturated carbocycles. The lowest BCUT2D eigenvalue weighted by Crippen LogP contribution is -2.48. The molecular formula is C27H31N9O. The molecule has 0 radical (unpaired) electrons. The zero-order valence-corrected chi connectivity index (χ0v) is 21.5. The Balaban J connectivity index is 1.06. The van der Waals surface area contributed by atoms with Crippen LogP contribution < -0.4 is 0 Å². The number of nitrogens with one attached hydrogen (secondary N) is 1. The van der Waals surface area contributed by atoms with E-state index in [4.69, 9.17) is 5.10 Å². The van der Waals surface area contributed by atoms with Crippen LogP contribution in [0.2, 0.25) is 0 Å². The maximum absolute atomic E-state index is 13.1. The van der Waals surface area contributed by atoms with E-state index in [2.05, 4.69) is 49.4 Å². The molecule has 4 aromatic heterocycles. The summed E-state index contributed by atoms with van der Waals surface area (Å²) < 4.78 is 3.56. The lowest BCUT2D eigenvalue weighted by Gasteiger charge is -2.35. The number of hydrogen-bond donors (Lipinski definition) is 1. The molecule has 1 N–H and O–H groups in total. The Bertz CT molecular complexity index is 1590. The minimum absolute atomic E-state index is 0.207. The zero-order chi connectivity index (χ0) is 25.5.